The average molecular weight is 1310 g/mol. The lowest BCUT2D eigenvalue weighted by atomic mass is 9.73. The number of aliphatic hydroxyl groups is 7. The van der Waals surface area contributed by atoms with E-state index in [1.807, 2.05) is 60.5 Å². The number of amides is 1. The fourth-order valence-electron chi connectivity index (χ4n) is 15.6. The molecule has 1 spiro atoms. The second kappa shape index (κ2) is 27.7. The molecule has 7 heterocycles. The van der Waals surface area contributed by atoms with E-state index >= 15 is 9.59 Å². The summed E-state index contributed by atoms with van der Waals surface area (Å²) >= 11 is 0. The predicted molar refractivity (Wildman–Crippen MR) is 344 cm³/mol. The fraction of sp³-hybridized carbons (Fsp3) is 0.514. The van der Waals surface area contributed by atoms with E-state index in [9.17, 15) is 45.3 Å². The largest absolute Gasteiger partial charge is 0.486 e. The number of allylic oxidation sites excluding steroid dienone is 1. The number of hydrogen-bond donors (Lipinski definition) is 15. The molecule has 16 N–H and O–H groups in total. The average Bonchev–Trinajstić information content (AvgIpc) is 1.60. The highest BCUT2D eigenvalue weighted by molar-refractivity contribution is 6.29. The van der Waals surface area contributed by atoms with Crippen LogP contribution in [0.15, 0.2) is 90.3 Å². The second-order valence-electron chi connectivity index (χ2n) is 26.8. The van der Waals surface area contributed by atoms with Crippen molar-refractivity contribution in [2.75, 3.05) is 51.5 Å². The third kappa shape index (κ3) is 12.9. The molecule has 9 aliphatic rings. The molecule has 8 bridgehead atoms. The molecule has 2 aliphatic carbocycles. The lowest BCUT2D eigenvalue weighted by Crippen LogP contribution is -2.72. The van der Waals surface area contributed by atoms with Gasteiger partial charge >= 0.3 is 0 Å². The molecule has 4 aromatic rings. The number of hydrogen-bond acceptors (Lipinski definition) is 24. The van der Waals surface area contributed by atoms with Gasteiger partial charge in [0.25, 0.3) is 0 Å². The highest BCUT2D eigenvalue weighted by Crippen LogP contribution is 2.55. The summed E-state index contributed by atoms with van der Waals surface area (Å²) < 4.78 is 36.3. The zero-order valence-electron chi connectivity index (χ0n) is 53.1. The van der Waals surface area contributed by atoms with Crippen molar-refractivity contribution in [2.24, 2.45) is 23.5 Å². The molecule has 3 saturated heterocycles. The van der Waals surface area contributed by atoms with Gasteiger partial charge in [-0.25, -0.2) is 5.43 Å². The molecule has 1 amide bonds. The van der Waals surface area contributed by atoms with Crippen LogP contribution in [0.2, 0.25) is 0 Å². The van der Waals surface area contributed by atoms with Crippen molar-refractivity contribution in [2.45, 2.75) is 162 Å². The zero-order valence-corrected chi connectivity index (χ0v) is 53.1. The van der Waals surface area contributed by atoms with Gasteiger partial charge in [0.15, 0.2) is 28.7 Å². The number of benzene rings is 4. The Kier molecular flexibility index (Phi) is 19.4. The van der Waals surface area contributed by atoms with E-state index < -0.39 is 134 Å². The molecule has 4 fully saturated rings. The topological polar surface area (TPSA) is 370 Å². The summed E-state index contributed by atoms with van der Waals surface area (Å²) in [5.74, 6) is 1.23. The van der Waals surface area contributed by atoms with Crippen molar-refractivity contribution in [1.82, 2.24) is 37.4 Å². The van der Waals surface area contributed by atoms with Crippen LogP contribution in [-0.4, -0.2) is 185 Å². The van der Waals surface area contributed by atoms with E-state index in [0.29, 0.717) is 73.3 Å². The summed E-state index contributed by atoms with van der Waals surface area (Å²) in [6.45, 7) is 1.20. The van der Waals surface area contributed by atoms with E-state index in [0.717, 1.165) is 16.7 Å². The Bertz CT molecular complexity index is 3720. The molecule has 16 atom stereocenters. The van der Waals surface area contributed by atoms with Crippen LogP contribution in [0.25, 0.3) is 0 Å². The van der Waals surface area contributed by atoms with Gasteiger partial charge in [-0.1, -0.05) is 73.2 Å². The number of aliphatic hydroxyl groups excluding tert-OH is 6. The lowest BCUT2D eigenvalue weighted by molar-refractivity contribution is -0.336. The maximum Gasteiger partial charge on any atom is 0.242 e. The van der Waals surface area contributed by atoms with Crippen LogP contribution in [0.1, 0.15) is 123 Å². The minimum atomic E-state index is -2.57. The summed E-state index contributed by atoms with van der Waals surface area (Å²) in [6, 6.07) is 18.8. The Labute approximate surface area is 550 Å². The summed E-state index contributed by atoms with van der Waals surface area (Å²) in [6.07, 6.45) is -7.17. The number of para-hydroxylation sites is 1. The van der Waals surface area contributed by atoms with Crippen LogP contribution < -0.4 is 57.5 Å². The first-order chi connectivity index (χ1) is 45.9. The molecule has 0 radical (unpaired) electrons. The number of dihydropyridines is 1. The number of anilines is 1. The predicted octanol–water partition coefficient (Wildman–Crippen LogP) is 0.0941. The van der Waals surface area contributed by atoms with Gasteiger partial charge in [0.05, 0.1) is 68.0 Å². The van der Waals surface area contributed by atoms with Gasteiger partial charge in [0.2, 0.25) is 12.2 Å². The quantitative estimate of drug-likeness (QED) is 0.0375. The second-order valence-corrected chi connectivity index (χ2v) is 26.8. The van der Waals surface area contributed by atoms with Gasteiger partial charge in [-0.2, -0.15) is 0 Å². The van der Waals surface area contributed by atoms with Crippen molar-refractivity contribution in [3.8, 4) is 23.3 Å². The number of rotatable bonds is 15. The molecule has 4 aromatic carbocycles. The van der Waals surface area contributed by atoms with E-state index in [2.05, 4.69) is 49.3 Å². The molecule has 13 rings (SSSR count). The van der Waals surface area contributed by atoms with Crippen molar-refractivity contribution < 1.29 is 78.6 Å². The number of ketones is 2. The summed E-state index contributed by atoms with van der Waals surface area (Å²) in [7, 11) is 1.84. The van der Waals surface area contributed by atoms with Crippen molar-refractivity contribution in [3.05, 3.63) is 146 Å². The Balaban J connectivity index is 1.08. The molecular formula is C70H85N9O16. The molecule has 25 nitrogen and oxygen atoms in total. The molecular weight excluding hydrogens is 1220 g/mol. The fourth-order valence-corrected chi connectivity index (χ4v) is 15.6. The minimum absolute atomic E-state index is 0.0318. The van der Waals surface area contributed by atoms with Gasteiger partial charge in [-0.3, -0.25) is 30.8 Å². The molecule has 506 valence electrons. The molecule has 16 unspecified atom stereocenters. The molecule has 7 aliphatic heterocycles. The number of ether oxygens (including phenoxy) is 5. The van der Waals surface area contributed by atoms with Crippen molar-refractivity contribution >= 4 is 29.4 Å². The monoisotopic (exact) mass is 1310 g/mol. The van der Waals surface area contributed by atoms with Crippen LogP contribution in [-0.2, 0) is 49.8 Å². The number of hydrazine groups is 1. The van der Waals surface area contributed by atoms with Crippen LogP contribution >= 0.6 is 0 Å². The third-order valence-corrected chi connectivity index (χ3v) is 20.3. The van der Waals surface area contributed by atoms with Gasteiger partial charge < -0.3 is 90.5 Å². The number of carbonyl (C=O) groups is 4. The number of aldehydes is 1. The summed E-state index contributed by atoms with van der Waals surface area (Å²) in [5, 5.41) is 102. The number of nitrogens with zero attached hydrogens (tertiary/aromatic N) is 1. The first-order valence-corrected chi connectivity index (χ1v) is 33.0. The van der Waals surface area contributed by atoms with Gasteiger partial charge in [0, 0.05) is 65.8 Å². The third-order valence-electron chi connectivity index (χ3n) is 20.3. The Morgan fingerprint density at radius 3 is 2.51 bits per heavy atom. The standard InChI is InChI=1S/C70H85N9O16/c1-36(82)29-75-78-54-27-41(14-19-73-54)50-34-92-62-63(88)70(90)18-13-42(24-38-21-39(26-53(50)85)23-40(22-38)30-72-2)52(84)12-10-43-32-93-69(16-5-6-17-69)67(70)95-66(62)94-60-49(55(43)46-7-3-4-8-51(46)79-35-74-57-64(79)76-68(71)77-65(57)89)28-48-56(61(60)91-33-44(83)15-20-80)59(87)47-25-37(31-81)9-11-45(47)58(48)86/h3-4,7-9,11,14,20-23,25,27-28,36,42-44,50,52-53,55,57,62-64,66-68,72-76,78,81-85,88,90H,5-6,10,12,15-17,19,24,26,29-35,71H2,1-2H3,(H,77,89). The van der Waals surface area contributed by atoms with Gasteiger partial charge in [-0.15, -0.1) is 0 Å². The van der Waals surface area contributed by atoms with E-state index in [-0.39, 0.29) is 97.3 Å². The molecule has 1 saturated carbocycles. The van der Waals surface area contributed by atoms with Crippen LogP contribution in [0.5, 0.6) is 11.5 Å². The van der Waals surface area contributed by atoms with E-state index in [1.54, 1.807) is 25.1 Å². The van der Waals surface area contributed by atoms with Crippen LogP contribution in [0.4, 0.5) is 5.69 Å². The lowest BCUT2D eigenvalue weighted by Gasteiger charge is -2.53. The maximum absolute atomic E-state index is 15.7. The zero-order chi connectivity index (χ0) is 66.4. The highest BCUT2D eigenvalue weighted by Gasteiger charge is 2.65. The normalized spacial score (nSPS) is 31.5. The molecule has 25 heteroatoms. The van der Waals surface area contributed by atoms with Crippen molar-refractivity contribution in [3.63, 3.8) is 0 Å². The van der Waals surface area contributed by atoms with Gasteiger partial charge in [0.1, 0.15) is 55.5 Å². The summed E-state index contributed by atoms with van der Waals surface area (Å²) in [4.78, 5) is 59.1. The number of nitrogens with one attached hydrogen (secondary N) is 7. The van der Waals surface area contributed by atoms with Crippen LogP contribution in [0.3, 0.4) is 0 Å². The van der Waals surface area contributed by atoms with Gasteiger partial charge in [-0.05, 0) is 122 Å². The Morgan fingerprint density at radius 2 is 1.73 bits per heavy atom. The molecule has 0 aromatic heterocycles. The highest BCUT2D eigenvalue weighted by atomic mass is 16.7. The Hall–Kier alpha value is -7.20. The first kappa shape index (κ1) is 66.4. The molecule has 95 heavy (non-hydrogen) atoms. The Morgan fingerprint density at radius 1 is 0.926 bits per heavy atom. The smallest absolute Gasteiger partial charge is 0.242 e. The van der Waals surface area contributed by atoms with Crippen molar-refractivity contribution in [1.29, 1.82) is 0 Å². The van der Waals surface area contributed by atoms with E-state index in [4.69, 9.17) is 29.4 Å². The first-order valence-electron chi connectivity index (χ1n) is 33.0. The number of carbonyl (C=O) groups excluding carboxylic acids is 4. The van der Waals surface area contributed by atoms with E-state index in [1.165, 1.54) is 12.1 Å². The SMILES string of the molecule is CNCc1cc2cc(c1)CC1C#CC3(O)C(O)C(OCC(C4=CCNC(NNCC(C)O)=C4)C(O)C2)C2Oc4c(cc5c(c4OCC(O)CC=O)C(=O)c4cc(CO)ccc4C5=O)C(c4ccccc4N4CNC5C(=O)NC(N)NC54)C(CCC1O)COC1(CCCC1)C3O2. The van der Waals surface area contributed by atoms with Crippen LogP contribution in [0, 0.1) is 29.6 Å². The summed E-state index contributed by atoms with van der Waals surface area (Å²) in [5.41, 5.74) is 13.0. The number of nitrogens with two attached hydrogens (primary N) is 1. The number of fused-ring (bicyclic) bond motifs is 12. The minimum Gasteiger partial charge on any atom is -0.486 e. The maximum atomic E-state index is 15.7.